The first-order chi connectivity index (χ1) is 11.4. The summed E-state index contributed by atoms with van der Waals surface area (Å²) >= 11 is 3.29. The van der Waals surface area contributed by atoms with Crippen molar-refractivity contribution in [3.05, 3.63) is 46.4 Å². The van der Waals surface area contributed by atoms with Gasteiger partial charge in [0.1, 0.15) is 17.6 Å². The highest BCUT2D eigenvalue weighted by atomic mass is 79.9. The SMILES string of the molecule is CCOc1cc2c(cc1NS(=O)(=O)c1cccc(Br)c1)OC(C)C2. The van der Waals surface area contributed by atoms with Crippen LogP contribution < -0.4 is 14.2 Å². The molecule has 1 aliphatic rings. The molecule has 7 heteroatoms. The van der Waals surface area contributed by atoms with Crippen LogP contribution >= 0.6 is 15.9 Å². The zero-order chi connectivity index (χ0) is 17.3. The normalized spacial score (nSPS) is 16.4. The van der Waals surface area contributed by atoms with Gasteiger partial charge >= 0.3 is 0 Å². The van der Waals surface area contributed by atoms with Crippen LogP contribution in [0.2, 0.25) is 0 Å². The number of halogens is 1. The van der Waals surface area contributed by atoms with Crippen molar-refractivity contribution >= 4 is 31.6 Å². The molecular formula is C17H18BrNO4S. The Kier molecular flexibility index (Phi) is 4.73. The second-order valence-electron chi connectivity index (χ2n) is 5.58. The molecule has 1 atom stereocenters. The van der Waals surface area contributed by atoms with Gasteiger partial charge in [-0.25, -0.2) is 8.42 Å². The zero-order valence-corrected chi connectivity index (χ0v) is 15.8. The lowest BCUT2D eigenvalue weighted by atomic mass is 10.1. The van der Waals surface area contributed by atoms with Crippen LogP contribution in [0.3, 0.4) is 0 Å². The molecule has 2 aromatic carbocycles. The Balaban J connectivity index is 1.98. The summed E-state index contributed by atoms with van der Waals surface area (Å²) in [5.74, 6) is 1.20. The molecule has 0 radical (unpaired) electrons. The third-order valence-electron chi connectivity index (χ3n) is 3.65. The van der Waals surface area contributed by atoms with E-state index in [9.17, 15) is 8.42 Å². The summed E-state index contributed by atoms with van der Waals surface area (Å²) in [6.07, 6.45) is 0.861. The van der Waals surface area contributed by atoms with E-state index in [1.54, 1.807) is 30.3 Å². The van der Waals surface area contributed by atoms with Crippen molar-refractivity contribution in [3.63, 3.8) is 0 Å². The average molecular weight is 412 g/mol. The van der Waals surface area contributed by atoms with Gasteiger partial charge in [-0.2, -0.15) is 0 Å². The highest BCUT2D eigenvalue weighted by Crippen LogP contribution is 2.39. The van der Waals surface area contributed by atoms with Crippen LogP contribution in [0.1, 0.15) is 19.4 Å². The predicted molar refractivity (Wildman–Crippen MR) is 96.4 cm³/mol. The number of rotatable bonds is 5. The molecular weight excluding hydrogens is 394 g/mol. The van der Waals surface area contributed by atoms with Crippen molar-refractivity contribution in [2.75, 3.05) is 11.3 Å². The molecule has 0 aliphatic carbocycles. The van der Waals surface area contributed by atoms with E-state index in [1.165, 1.54) is 0 Å². The lowest BCUT2D eigenvalue weighted by Crippen LogP contribution is -2.14. The highest BCUT2D eigenvalue weighted by Gasteiger charge is 2.24. The van der Waals surface area contributed by atoms with E-state index in [2.05, 4.69) is 20.7 Å². The minimum absolute atomic E-state index is 0.0754. The molecule has 1 aliphatic heterocycles. The van der Waals surface area contributed by atoms with E-state index < -0.39 is 10.0 Å². The molecule has 0 spiro atoms. The maximum Gasteiger partial charge on any atom is 0.262 e. The molecule has 5 nitrogen and oxygen atoms in total. The van der Waals surface area contributed by atoms with E-state index in [1.807, 2.05) is 19.9 Å². The lowest BCUT2D eigenvalue weighted by Gasteiger charge is -2.15. The van der Waals surface area contributed by atoms with Gasteiger partial charge < -0.3 is 9.47 Å². The standard InChI is InChI=1S/C17H18BrNO4S/c1-3-22-17-8-12-7-11(2)23-16(12)10-15(17)19-24(20,21)14-6-4-5-13(18)9-14/h4-6,8-11,19H,3,7H2,1-2H3. The van der Waals surface area contributed by atoms with Crippen molar-refractivity contribution < 1.29 is 17.9 Å². The fraction of sp³-hybridized carbons (Fsp3) is 0.294. The number of hydrogen-bond acceptors (Lipinski definition) is 4. The van der Waals surface area contributed by atoms with Crippen molar-refractivity contribution in [1.82, 2.24) is 0 Å². The maximum atomic E-state index is 12.6. The van der Waals surface area contributed by atoms with Gasteiger partial charge in [-0.15, -0.1) is 0 Å². The molecule has 1 unspecified atom stereocenters. The molecule has 2 aromatic rings. The largest absolute Gasteiger partial charge is 0.492 e. The Morgan fingerprint density at radius 1 is 1.33 bits per heavy atom. The Labute approximate surface area is 150 Å². The fourth-order valence-corrected chi connectivity index (χ4v) is 4.29. The number of hydrogen-bond donors (Lipinski definition) is 1. The molecule has 0 aromatic heterocycles. The minimum Gasteiger partial charge on any atom is -0.492 e. The van der Waals surface area contributed by atoms with E-state index in [0.29, 0.717) is 28.3 Å². The molecule has 0 fully saturated rings. The van der Waals surface area contributed by atoms with Crippen LogP contribution in [0.5, 0.6) is 11.5 Å². The van der Waals surface area contributed by atoms with Crippen LogP contribution in [-0.4, -0.2) is 21.1 Å². The van der Waals surface area contributed by atoms with Crippen molar-refractivity contribution in [2.45, 2.75) is 31.3 Å². The Hall–Kier alpha value is -1.73. The van der Waals surface area contributed by atoms with E-state index in [0.717, 1.165) is 12.0 Å². The van der Waals surface area contributed by atoms with E-state index >= 15 is 0 Å². The number of sulfonamides is 1. The van der Waals surface area contributed by atoms with Gasteiger partial charge in [0.2, 0.25) is 0 Å². The number of ether oxygens (including phenoxy) is 2. The minimum atomic E-state index is -3.72. The summed E-state index contributed by atoms with van der Waals surface area (Å²) in [4.78, 5) is 0.175. The summed E-state index contributed by atoms with van der Waals surface area (Å²) in [5, 5.41) is 0. The molecule has 3 rings (SSSR count). The molecule has 1 heterocycles. The Bertz CT molecular complexity index is 867. The fourth-order valence-electron chi connectivity index (χ4n) is 2.63. The Morgan fingerprint density at radius 2 is 2.12 bits per heavy atom. The monoisotopic (exact) mass is 411 g/mol. The van der Waals surface area contributed by atoms with Crippen molar-refractivity contribution in [2.24, 2.45) is 0 Å². The molecule has 128 valence electrons. The second-order valence-corrected chi connectivity index (χ2v) is 8.18. The number of nitrogens with one attached hydrogen (secondary N) is 1. The predicted octanol–water partition coefficient (Wildman–Crippen LogP) is 3.97. The maximum absolute atomic E-state index is 12.6. The summed E-state index contributed by atoms with van der Waals surface area (Å²) in [5.41, 5.74) is 1.40. The summed E-state index contributed by atoms with van der Waals surface area (Å²) in [6.45, 7) is 4.28. The highest BCUT2D eigenvalue weighted by molar-refractivity contribution is 9.10. The van der Waals surface area contributed by atoms with Crippen LogP contribution in [0.25, 0.3) is 0 Å². The van der Waals surface area contributed by atoms with Gasteiger partial charge in [0.25, 0.3) is 10.0 Å². The van der Waals surface area contributed by atoms with Gasteiger partial charge in [-0.05, 0) is 38.1 Å². The van der Waals surface area contributed by atoms with Gasteiger partial charge in [0.15, 0.2) is 0 Å². The van der Waals surface area contributed by atoms with Gasteiger partial charge in [-0.1, -0.05) is 22.0 Å². The zero-order valence-electron chi connectivity index (χ0n) is 13.4. The number of fused-ring (bicyclic) bond motifs is 1. The van der Waals surface area contributed by atoms with Crippen LogP contribution in [-0.2, 0) is 16.4 Å². The number of anilines is 1. The van der Waals surface area contributed by atoms with Crippen LogP contribution in [0.15, 0.2) is 45.8 Å². The molecule has 0 saturated heterocycles. The quantitative estimate of drug-likeness (QED) is 0.807. The van der Waals surface area contributed by atoms with Crippen molar-refractivity contribution in [1.29, 1.82) is 0 Å². The van der Waals surface area contributed by atoms with Gasteiger partial charge in [0.05, 0.1) is 17.2 Å². The first-order valence-electron chi connectivity index (χ1n) is 7.64. The summed E-state index contributed by atoms with van der Waals surface area (Å²) in [7, 11) is -3.72. The first kappa shape index (κ1) is 17.1. The van der Waals surface area contributed by atoms with Crippen LogP contribution in [0, 0.1) is 0 Å². The van der Waals surface area contributed by atoms with Gasteiger partial charge in [0, 0.05) is 22.5 Å². The number of benzene rings is 2. The second kappa shape index (κ2) is 6.64. The van der Waals surface area contributed by atoms with E-state index in [-0.39, 0.29) is 11.0 Å². The van der Waals surface area contributed by atoms with Crippen molar-refractivity contribution in [3.8, 4) is 11.5 Å². The topological polar surface area (TPSA) is 64.6 Å². The third-order valence-corrected chi connectivity index (χ3v) is 5.51. The third kappa shape index (κ3) is 3.52. The Morgan fingerprint density at radius 3 is 2.83 bits per heavy atom. The smallest absolute Gasteiger partial charge is 0.262 e. The summed E-state index contributed by atoms with van der Waals surface area (Å²) in [6, 6.07) is 10.1. The van der Waals surface area contributed by atoms with E-state index in [4.69, 9.17) is 9.47 Å². The molecule has 1 N–H and O–H groups in total. The van der Waals surface area contributed by atoms with Crippen LogP contribution in [0.4, 0.5) is 5.69 Å². The molecule has 0 amide bonds. The summed E-state index contributed by atoms with van der Waals surface area (Å²) < 4.78 is 39.9. The molecule has 0 saturated carbocycles. The first-order valence-corrected chi connectivity index (χ1v) is 9.91. The molecule has 0 bridgehead atoms. The van der Waals surface area contributed by atoms with Gasteiger partial charge in [-0.3, -0.25) is 4.72 Å². The molecule has 24 heavy (non-hydrogen) atoms. The lowest BCUT2D eigenvalue weighted by molar-refractivity contribution is 0.254. The average Bonchev–Trinajstić information content (AvgIpc) is 2.86.